The predicted octanol–water partition coefficient (Wildman–Crippen LogP) is 4.97. The number of unbranched alkanes of at least 4 members (excludes halogenated alkanes) is 1. The van der Waals surface area contributed by atoms with E-state index in [0.717, 1.165) is 23.1 Å². The van der Waals surface area contributed by atoms with Crippen LogP contribution in [0.15, 0.2) is 71.8 Å². The summed E-state index contributed by atoms with van der Waals surface area (Å²) in [5, 5.41) is 0.518. The average molecular weight is 525 g/mol. The fraction of sp³-hybridized carbons (Fsp3) is 0.269. The van der Waals surface area contributed by atoms with Gasteiger partial charge in [-0.05, 0) is 61.0 Å². The van der Waals surface area contributed by atoms with Gasteiger partial charge in [0.25, 0.3) is 5.91 Å². The molecule has 0 radical (unpaired) electrons. The number of pyridine rings is 1. The molecule has 0 bridgehead atoms. The first kappa shape index (κ1) is 25.7. The molecule has 1 amide bonds. The van der Waals surface area contributed by atoms with E-state index in [4.69, 9.17) is 4.74 Å². The Kier molecular flexibility index (Phi) is 7.97. The van der Waals surface area contributed by atoms with Gasteiger partial charge < -0.3 is 4.74 Å². The molecule has 8 nitrogen and oxygen atoms in total. The van der Waals surface area contributed by atoms with Crippen molar-refractivity contribution in [2.24, 2.45) is 0 Å². The molecule has 0 saturated carbocycles. The van der Waals surface area contributed by atoms with Crippen LogP contribution in [0.3, 0.4) is 0 Å². The summed E-state index contributed by atoms with van der Waals surface area (Å²) in [6, 6.07) is 17.1. The van der Waals surface area contributed by atoms with E-state index in [1.54, 1.807) is 37.4 Å². The second-order valence-corrected chi connectivity index (χ2v) is 11.3. The standard InChI is InChI=1S/C26H28N4O4S2/c1-4-5-16-29(2)36(32,33)22-12-9-19(10-13-22)25(31)30(18-20-8-6-7-15-27-20)26-28-23-14-11-21(34-3)17-24(23)35-26/h6-15,17H,4-5,16,18H2,1-3H3. The molecule has 0 saturated heterocycles. The highest BCUT2D eigenvalue weighted by atomic mass is 32.2. The van der Waals surface area contributed by atoms with Crippen molar-refractivity contribution in [2.75, 3.05) is 25.6 Å². The molecular weight excluding hydrogens is 496 g/mol. The van der Waals surface area contributed by atoms with Crippen molar-refractivity contribution in [1.82, 2.24) is 14.3 Å². The molecule has 0 N–H and O–H groups in total. The van der Waals surface area contributed by atoms with E-state index in [0.29, 0.717) is 28.7 Å². The maximum atomic E-state index is 13.7. The lowest BCUT2D eigenvalue weighted by atomic mass is 10.2. The summed E-state index contributed by atoms with van der Waals surface area (Å²) >= 11 is 1.38. The molecule has 0 spiro atoms. The van der Waals surface area contributed by atoms with Gasteiger partial charge in [-0.25, -0.2) is 17.7 Å². The Balaban J connectivity index is 1.66. The van der Waals surface area contributed by atoms with Crippen molar-refractivity contribution in [3.63, 3.8) is 0 Å². The van der Waals surface area contributed by atoms with Crippen LogP contribution in [-0.2, 0) is 16.6 Å². The van der Waals surface area contributed by atoms with Gasteiger partial charge in [0.15, 0.2) is 5.13 Å². The minimum atomic E-state index is -3.62. The van der Waals surface area contributed by atoms with Crippen LogP contribution < -0.4 is 9.64 Å². The molecule has 188 valence electrons. The van der Waals surface area contributed by atoms with Crippen molar-refractivity contribution in [1.29, 1.82) is 0 Å². The monoisotopic (exact) mass is 524 g/mol. The SMILES string of the molecule is CCCCN(C)S(=O)(=O)c1ccc(C(=O)N(Cc2ccccn2)c2nc3ccc(OC)cc3s2)cc1. The summed E-state index contributed by atoms with van der Waals surface area (Å²) in [7, 11) is -0.449. The summed E-state index contributed by atoms with van der Waals surface area (Å²) < 4.78 is 33.3. The van der Waals surface area contributed by atoms with Gasteiger partial charge in [0.2, 0.25) is 10.0 Å². The van der Waals surface area contributed by atoms with Crippen molar-refractivity contribution in [3.05, 3.63) is 78.1 Å². The Labute approximate surface area is 215 Å². The molecule has 0 aliphatic carbocycles. The van der Waals surface area contributed by atoms with Gasteiger partial charge in [-0.3, -0.25) is 14.7 Å². The molecule has 10 heteroatoms. The van der Waals surface area contributed by atoms with Crippen molar-refractivity contribution >= 4 is 42.6 Å². The summed E-state index contributed by atoms with van der Waals surface area (Å²) in [6.07, 6.45) is 3.36. The second-order valence-electron chi connectivity index (χ2n) is 8.25. The van der Waals surface area contributed by atoms with Gasteiger partial charge >= 0.3 is 0 Å². The van der Waals surface area contributed by atoms with Crippen LogP contribution in [0.25, 0.3) is 10.2 Å². The van der Waals surface area contributed by atoms with Crippen LogP contribution >= 0.6 is 11.3 Å². The third kappa shape index (κ3) is 5.56. The smallest absolute Gasteiger partial charge is 0.260 e. The lowest BCUT2D eigenvalue weighted by molar-refractivity contribution is 0.0984. The van der Waals surface area contributed by atoms with Crippen molar-refractivity contribution < 1.29 is 17.9 Å². The second kappa shape index (κ2) is 11.2. The Morgan fingerprint density at radius 1 is 1.08 bits per heavy atom. The number of ether oxygens (including phenoxy) is 1. The highest BCUT2D eigenvalue weighted by Crippen LogP contribution is 2.33. The number of hydrogen-bond acceptors (Lipinski definition) is 7. The molecule has 0 atom stereocenters. The minimum absolute atomic E-state index is 0.154. The molecular formula is C26H28N4O4S2. The molecule has 2 heterocycles. The molecule has 2 aromatic heterocycles. The van der Waals surface area contributed by atoms with E-state index in [9.17, 15) is 13.2 Å². The first-order valence-corrected chi connectivity index (χ1v) is 13.8. The number of amides is 1. The Bertz CT molecular complexity index is 1440. The third-order valence-electron chi connectivity index (χ3n) is 5.74. The highest BCUT2D eigenvalue weighted by molar-refractivity contribution is 7.89. The van der Waals surface area contributed by atoms with Crippen LogP contribution in [-0.4, -0.2) is 49.3 Å². The number of anilines is 1. The lowest BCUT2D eigenvalue weighted by Gasteiger charge is -2.20. The Morgan fingerprint density at radius 3 is 2.53 bits per heavy atom. The van der Waals surface area contributed by atoms with Crippen LogP contribution in [0.1, 0.15) is 35.8 Å². The van der Waals surface area contributed by atoms with E-state index >= 15 is 0 Å². The number of rotatable bonds is 10. The predicted molar refractivity (Wildman–Crippen MR) is 142 cm³/mol. The van der Waals surface area contributed by atoms with Crippen LogP contribution in [0.2, 0.25) is 0 Å². The fourth-order valence-electron chi connectivity index (χ4n) is 3.62. The quantitative estimate of drug-likeness (QED) is 0.291. The number of benzene rings is 2. The molecule has 0 aliphatic rings. The van der Waals surface area contributed by atoms with E-state index in [1.165, 1.54) is 27.8 Å². The van der Waals surface area contributed by atoms with Gasteiger partial charge in [0.05, 0.1) is 34.5 Å². The zero-order chi connectivity index (χ0) is 25.7. The summed E-state index contributed by atoms with van der Waals surface area (Å²) in [5.41, 5.74) is 1.82. The number of thiazole rings is 1. The molecule has 4 rings (SSSR count). The number of carbonyl (C=O) groups is 1. The van der Waals surface area contributed by atoms with Gasteiger partial charge in [0, 0.05) is 25.4 Å². The number of hydrogen-bond donors (Lipinski definition) is 0. The largest absolute Gasteiger partial charge is 0.497 e. The maximum absolute atomic E-state index is 13.7. The number of aromatic nitrogens is 2. The summed E-state index contributed by atoms with van der Waals surface area (Å²) in [5.74, 6) is 0.413. The van der Waals surface area contributed by atoms with Crippen LogP contribution in [0.4, 0.5) is 5.13 Å². The highest BCUT2D eigenvalue weighted by Gasteiger charge is 2.24. The van der Waals surface area contributed by atoms with Gasteiger partial charge in [0.1, 0.15) is 5.75 Å². The topological polar surface area (TPSA) is 92.7 Å². The first-order valence-electron chi connectivity index (χ1n) is 11.6. The third-order valence-corrected chi connectivity index (χ3v) is 8.65. The van der Waals surface area contributed by atoms with Crippen LogP contribution in [0.5, 0.6) is 5.75 Å². The molecule has 4 aromatic rings. The number of carbonyl (C=O) groups excluding carboxylic acids is 1. The number of nitrogens with zero attached hydrogens (tertiary/aromatic N) is 4. The minimum Gasteiger partial charge on any atom is -0.497 e. The molecule has 2 aromatic carbocycles. The van der Waals surface area contributed by atoms with E-state index in [1.807, 2.05) is 43.3 Å². The molecule has 36 heavy (non-hydrogen) atoms. The van der Waals surface area contributed by atoms with Gasteiger partial charge in [-0.1, -0.05) is 30.7 Å². The zero-order valence-corrected chi connectivity index (χ0v) is 22.1. The lowest BCUT2D eigenvalue weighted by Crippen LogP contribution is -2.31. The molecule has 0 fully saturated rings. The van der Waals surface area contributed by atoms with Gasteiger partial charge in [-0.15, -0.1) is 0 Å². The van der Waals surface area contributed by atoms with E-state index < -0.39 is 10.0 Å². The van der Waals surface area contributed by atoms with Crippen molar-refractivity contribution in [3.8, 4) is 5.75 Å². The average Bonchev–Trinajstić information content (AvgIpc) is 3.33. The Hall–Kier alpha value is -3.34. The summed E-state index contributed by atoms with van der Waals surface area (Å²) in [6.45, 7) is 2.68. The Morgan fingerprint density at radius 2 is 1.86 bits per heavy atom. The maximum Gasteiger partial charge on any atom is 0.260 e. The normalized spacial score (nSPS) is 11.7. The molecule has 0 unspecified atom stereocenters. The first-order chi connectivity index (χ1) is 17.3. The zero-order valence-electron chi connectivity index (χ0n) is 20.4. The van der Waals surface area contributed by atoms with E-state index in [2.05, 4.69) is 9.97 Å². The molecule has 0 aliphatic heterocycles. The number of sulfonamides is 1. The van der Waals surface area contributed by atoms with Crippen molar-refractivity contribution in [2.45, 2.75) is 31.2 Å². The fourth-order valence-corrected chi connectivity index (χ4v) is 5.82. The number of methoxy groups -OCH3 is 1. The summed E-state index contributed by atoms with van der Waals surface area (Å²) in [4.78, 5) is 24.4. The van der Waals surface area contributed by atoms with E-state index in [-0.39, 0.29) is 17.3 Å². The van der Waals surface area contributed by atoms with Gasteiger partial charge in [-0.2, -0.15) is 0 Å². The van der Waals surface area contributed by atoms with Crippen LogP contribution in [0, 0.1) is 0 Å². The number of fused-ring (bicyclic) bond motifs is 1.